The molecular formula is C13H16N4OS. The van der Waals surface area contributed by atoms with Gasteiger partial charge in [0.15, 0.2) is 11.1 Å². The number of rotatable bonds is 2. The molecule has 1 amide bonds. The Morgan fingerprint density at radius 1 is 1.37 bits per heavy atom. The van der Waals surface area contributed by atoms with Crippen molar-refractivity contribution in [3.05, 3.63) is 34.9 Å². The Morgan fingerprint density at radius 2 is 2.11 bits per heavy atom. The summed E-state index contributed by atoms with van der Waals surface area (Å²) in [5.41, 5.74) is 14.1. The van der Waals surface area contributed by atoms with Crippen molar-refractivity contribution in [2.24, 2.45) is 21.5 Å². The number of amidine groups is 1. The largest absolute Gasteiger partial charge is 0.370 e. The Bertz CT molecular complexity index is 576. The van der Waals surface area contributed by atoms with Gasteiger partial charge in [-0.05, 0) is 37.0 Å². The molecule has 100 valence electrons. The molecule has 0 saturated carbocycles. The monoisotopic (exact) mass is 276 g/mol. The summed E-state index contributed by atoms with van der Waals surface area (Å²) < 4.78 is 0. The number of hydrogen-bond donors (Lipinski definition) is 2. The molecule has 0 spiro atoms. The molecule has 19 heavy (non-hydrogen) atoms. The number of amides is 1. The zero-order valence-electron chi connectivity index (χ0n) is 10.9. The van der Waals surface area contributed by atoms with Crippen LogP contribution in [0.25, 0.3) is 0 Å². The van der Waals surface area contributed by atoms with Gasteiger partial charge in [0, 0.05) is 0 Å². The fraction of sp³-hybridized carbons (Fsp3) is 0.308. The SMILES string of the molecule is Cc1ccc(C[C@H]2SC(N=C(N)N)=NC2=O)cc1C. The summed E-state index contributed by atoms with van der Waals surface area (Å²) in [6.07, 6.45) is 0.637. The van der Waals surface area contributed by atoms with Gasteiger partial charge in [-0.3, -0.25) is 4.79 Å². The number of carbonyl (C=O) groups is 1. The molecule has 1 heterocycles. The number of hydrogen-bond acceptors (Lipinski definition) is 3. The van der Waals surface area contributed by atoms with Crippen LogP contribution in [-0.2, 0) is 11.2 Å². The Morgan fingerprint density at radius 3 is 2.74 bits per heavy atom. The summed E-state index contributed by atoms with van der Waals surface area (Å²) in [6.45, 7) is 4.12. The summed E-state index contributed by atoms with van der Waals surface area (Å²) >= 11 is 1.30. The molecule has 1 aromatic rings. The zero-order valence-corrected chi connectivity index (χ0v) is 11.7. The molecule has 2 rings (SSSR count). The third-order valence-corrected chi connectivity index (χ3v) is 3.99. The van der Waals surface area contributed by atoms with E-state index < -0.39 is 0 Å². The Hall–Kier alpha value is -1.82. The number of guanidine groups is 1. The van der Waals surface area contributed by atoms with E-state index in [1.807, 2.05) is 6.07 Å². The molecule has 6 heteroatoms. The second-order valence-electron chi connectivity index (χ2n) is 4.50. The van der Waals surface area contributed by atoms with Crippen LogP contribution in [0.15, 0.2) is 28.2 Å². The molecule has 5 nitrogen and oxygen atoms in total. The molecule has 0 aliphatic carbocycles. The highest BCUT2D eigenvalue weighted by Crippen LogP contribution is 2.26. The number of benzene rings is 1. The lowest BCUT2D eigenvalue weighted by molar-refractivity contribution is -0.117. The molecule has 1 aliphatic heterocycles. The quantitative estimate of drug-likeness (QED) is 0.625. The molecule has 0 aromatic heterocycles. The fourth-order valence-electron chi connectivity index (χ4n) is 1.81. The summed E-state index contributed by atoms with van der Waals surface area (Å²) in [4.78, 5) is 19.4. The topological polar surface area (TPSA) is 93.8 Å². The first kappa shape index (κ1) is 13.6. The van der Waals surface area contributed by atoms with Crippen LogP contribution in [0, 0.1) is 13.8 Å². The summed E-state index contributed by atoms with van der Waals surface area (Å²) in [7, 11) is 0. The highest BCUT2D eigenvalue weighted by molar-refractivity contribution is 8.15. The van der Waals surface area contributed by atoms with E-state index in [0.29, 0.717) is 11.6 Å². The standard InChI is InChI=1S/C13H16N4OS/c1-7-3-4-9(5-8(7)2)6-10-11(18)16-13(19-10)17-12(14)15/h3-5,10H,6H2,1-2H3,(H4,14,15,16,17,18)/t10-/m1/s1. The van der Waals surface area contributed by atoms with E-state index in [1.165, 1.54) is 22.9 Å². The average Bonchev–Trinajstić information content (AvgIpc) is 2.63. The number of aryl methyl sites for hydroxylation is 2. The lowest BCUT2D eigenvalue weighted by Gasteiger charge is -2.08. The highest BCUT2D eigenvalue weighted by Gasteiger charge is 2.28. The molecular weight excluding hydrogens is 260 g/mol. The van der Waals surface area contributed by atoms with Crippen molar-refractivity contribution >= 4 is 28.8 Å². The lowest BCUT2D eigenvalue weighted by atomic mass is 10.0. The smallest absolute Gasteiger partial charge is 0.262 e. The van der Waals surface area contributed by atoms with E-state index in [0.717, 1.165) is 5.56 Å². The zero-order chi connectivity index (χ0) is 14.0. The first-order valence-corrected chi connectivity index (χ1v) is 6.78. The molecule has 1 aliphatic rings. The van der Waals surface area contributed by atoms with Crippen molar-refractivity contribution in [2.75, 3.05) is 0 Å². The lowest BCUT2D eigenvalue weighted by Crippen LogP contribution is -2.23. The van der Waals surface area contributed by atoms with Crippen molar-refractivity contribution in [2.45, 2.75) is 25.5 Å². The second-order valence-corrected chi connectivity index (χ2v) is 5.67. The Kier molecular flexibility index (Phi) is 3.90. The van der Waals surface area contributed by atoms with E-state index in [4.69, 9.17) is 11.5 Å². The third-order valence-electron chi connectivity index (χ3n) is 2.95. The molecule has 0 unspecified atom stereocenters. The molecule has 1 atom stereocenters. The highest BCUT2D eigenvalue weighted by atomic mass is 32.2. The van der Waals surface area contributed by atoms with Gasteiger partial charge in [-0.25, -0.2) is 0 Å². The first-order valence-electron chi connectivity index (χ1n) is 5.90. The van der Waals surface area contributed by atoms with Gasteiger partial charge in [0.25, 0.3) is 5.91 Å². The molecule has 4 N–H and O–H groups in total. The predicted molar refractivity (Wildman–Crippen MR) is 79.3 cm³/mol. The fourth-order valence-corrected chi connectivity index (χ4v) is 2.79. The molecule has 1 aromatic carbocycles. The average molecular weight is 276 g/mol. The minimum Gasteiger partial charge on any atom is -0.370 e. The maximum Gasteiger partial charge on any atom is 0.262 e. The van der Waals surface area contributed by atoms with E-state index in [1.54, 1.807) is 0 Å². The van der Waals surface area contributed by atoms with Gasteiger partial charge in [0.05, 0.1) is 5.25 Å². The van der Waals surface area contributed by atoms with Gasteiger partial charge >= 0.3 is 0 Å². The normalized spacial score (nSPS) is 18.3. The summed E-state index contributed by atoms with van der Waals surface area (Å²) in [5.74, 6) is -0.255. The number of carbonyl (C=O) groups excluding carboxylic acids is 1. The minimum absolute atomic E-state index is 0.0779. The van der Waals surface area contributed by atoms with Gasteiger partial charge in [-0.1, -0.05) is 30.0 Å². The van der Waals surface area contributed by atoms with Crippen molar-refractivity contribution in [1.29, 1.82) is 0 Å². The summed E-state index contributed by atoms with van der Waals surface area (Å²) in [6, 6.07) is 6.20. The van der Waals surface area contributed by atoms with E-state index in [9.17, 15) is 4.79 Å². The van der Waals surface area contributed by atoms with E-state index >= 15 is 0 Å². The van der Waals surface area contributed by atoms with Crippen LogP contribution in [0.1, 0.15) is 16.7 Å². The Labute approximate surface area is 116 Å². The van der Waals surface area contributed by atoms with Crippen molar-refractivity contribution < 1.29 is 4.79 Å². The predicted octanol–water partition coefficient (Wildman–Crippen LogP) is 1.12. The van der Waals surface area contributed by atoms with Crippen molar-refractivity contribution in [1.82, 2.24) is 0 Å². The van der Waals surface area contributed by atoms with Crippen LogP contribution in [0.2, 0.25) is 0 Å². The van der Waals surface area contributed by atoms with Crippen molar-refractivity contribution in [3.8, 4) is 0 Å². The third kappa shape index (κ3) is 3.35. The van der Waals surface area contributed by atoms with Gasteiger partial charge in [0.1, 0.15) is 0 Å². The number of aliphatic imine (C=N–C) groups is 2. The van der Waals surface area contributed by atoms with E-state index in [2.05, 4.69) is 36.0 Å². The molecule has 0 bridgehead atoms. The van der Waals surface area contributed by atoms with Gasteiger partial charge in [-0.2, -0.15) is 9.98 Å². The van der Waals surface area contributed by atoms with Gasteiger partial charge < -0.3 is 11.5 Å². The van der Waals surface area contributed by atoms with Crippen LogP contribution in [-0.4, -0.2) is 22.3 Å². The van der Waals surface area contributed by atoms with Crippen LogP contribution in [0.3, 0.4) is 0 Å². The van der Waals surface area contributed by atoms with Crippen molar-refractivity contribution in [3.63, 3.8) is 0 Å². The molecule has 0 fully saturated rings. The number of nitrogens with two attached hydrogens (primary N) is 2. The van der Waals surface area contributed by atoms with Crippen LogP contribution in [0.4, 0.5) is 0 Å². The van der Waals surface area contributed by atoms with Crippen LogP contribution >= 0.6 is 11.8 Å². The molecule has 0 saturated heterocycles. The summed E-state index contributed by atoms with van der Waals surface area (Å²) in [5, 5.41) is 0.110. The Balaban J connectivity index is 2.08. The maximum absolute atomic E-state index is 11.8. The number of nitrogens with zero attached hydrogens (tertiary/aromatic N) is 2. The second kappa shape index (κ2) is 5.44. The minimum atomic E-state index is -0.236. The van der Waals surface area contributed by atoms with Crippen LogP contribution in [0.5, 0.6) is 0 Å². The van der Waals surface area contributed by atoms with Gasteiger partial charge in [0.2, 0.25) is 0 Å². The first-order chi connectivity index (χ1) is 8.95. The van der Waals surface area contributed by atoms with Crippen LogP contribution < -0.4 is 11.5 Å². The number of thioether (sulfide) groups is 1. The molecule has 0 radical (unpaired) electrons. The van der Waals surface area contributed by atoms with Gasteiger partial charge in [-0.15, -0.1) is 0 Å². The van der Waals surface area contributed by atoms with E-state index in [-0.39, 0.29) is 17.1 Å². The maximum atomic E-state index is 11.8.